The molecule has 2 aliphatic heterocycles. The summed E-state index contributed by atoms with van der Waals surface area (Å²) < 4.78 is 1.82. The van der Waals surface area contributed by atoms with Crippen molar-refractivity contribution in [1.82, 2.24) is 14.4 Å². The first-order chi connectivity index (χ1) is 12.9. The molecule has 0 bridgehead atoms. The average molecular weight is 365 g/mol. The molecule has 2 saturated heterocycles. The fourth-order valence-electron chi connectivity index (χ4n) is 4.94. The van der Waals surface area contributed by atoms with Crippen LogP contribution < -0.4 is 5.43 Å². The van der Waals surface area contributed by atoms with E-state index in [1.54, 1.807) is 6.07 Å². The number of aromatic nitrogens is 1. The molecule has 2 fully saturated rings. The first-order valence-corrected chi connectivity index (χ1v) is 9.59. The van der Waals surface area contributed by atoms with Crippen molar-refractivity contribution >= 4 is 5.91 Å². The van der Waals surface area contributed by atoms with E-state index in [9.17, 15) is 9.59 Å². The third kappa shape index (κ3) is 3.00. The van der Waals surface area contributed by atoms with E-state index in [4.69, 9.17) is 0 Å². The van der Waals surface area contributed by atoms with Gasteiger partial charge < -0.3 is 9.47 Å². The monoisotopic (exact) mass is 365 g/mol. The molecule has 1 amide bonds. The van der Waals surface area contributed by atoms with Gasteiger partial charge in [0.25, 0.3) is 5.91 Å². The topological polar surface area (TPSA) is 45.6 Å². The van der Waals surface area contributed by atoms with Gasteiger partial charge in [0, 0.05) is 56.5 Å². The summed E-state index contributed by atoms with van der Waals surface area (Å²) in [5.41, 5.74) is 3.86. The molecule has 0 spiro atoms. The molecule has 27 heavy (non-hydrogen) atoms. The lowest BCUT2D eigenvalue weighted by molar-refractivity contribution is 0.0757. The number of rotatable bonds is 2. The normalized spacial score (nSPS) is 25.0. The Morgan fingerprint density at radius 2 is 1.78 bits per heavy atom. The Morgan fingerprint density at radius 1 is 1.04 bits per heavy atom. The molecule has 1 aromatic carbocycles. The minimum Gasteiger partial charge on any atom is -0.344 e. The van der Waals surface area contributed by atoms with Crippen molar-refractivity contribution in [2.24, 2.45) is 18.9 Å². The highest BCUT2D eigenvalue weighted by atomic mass is 16.2. The molecule has 0 unspecified atom stereocenters. The molecule has 4 rings (SSSR count). The maximum Gasteiger partial charge on any atom is 0.270 e. The largest absolute Gasteiger partial charge is 0.344 e. The molecule has 2 aliphatic rings. The van der Waals surface area contributed by atoms with Gasteiger partial charge in [-0.2, -0.15) is 0 Å². The third-order valence-corrected chi connectivity index (χ3v) is 6.43. The number of carbonyl (C=O) groups is 1. The van der Waals surface area contributed by atoms with Gasteiger partial charge in [0.05, 0.1) is 0 Å². The zero-order chi connectivity index (χ0) is 19.3. The van der Waals surface area contributed by atoms with Crippen LogP contribution in [0.1, 0.15) is 33.4 Å². The van der Waals surface area contributed by atoms with E-state index in [1.165, 1.54) is 17.2 Å². The van der Waals surface area contributed by atoms with Gasteiger partial charge in [0.2, 0.25) is 0 Å². The van der Waals surface area contributed by atoms with Gasteiger partial charge in [0.1, 0.15) is 5.69 Å². The number of hydrogen-bond donors (Lipinski definition) is 0. The summed E-state index contributed by atoms with van der Waals surface area (Å²) in [4.78, 5) is 29.4. The van der Waals surface area contributed by atoms with Gasteiger partial charge >= 0.3 is 0 Å². The summed E-state index contributed by atoms with van der Waals surface area (Å²) in [6.45, 7) is 6.53. The number of likely N-dealkylation sites (tertiary alicyclic amines) is 2. The lowest BCUT2D eigenvalue weighted by atomic mass is 9.88. The fourth-order valence-corrected chi connectivity index (χ4v) is 4.94. The lowest BCUT2D eigenvalue weighted by Gasteiger charge is -2.28. The van der Waals surface area contributed by atoms with E-state index in [0.29, 0.717) is 23.6 Å². The van der Waals surface area contributed by atoms with E-state index in [2.05, 4.69) is 43.1 Å². The molecule has 5 nitrogen and oxygen atoms in total. The molecule has 5 heteroatoms. The number of pyridine rings is 1. The molecular formula is C22H27N3O2. The Kier molecular flexibility index (Phi) is 4.42. The third-order valence-electron chi connectivity index (χ3n) is 6.43. The second-order valence-electron chi connectivity index (χ2n) is 8.15. The molecule has 1 aromatic heterocycles. The highest BCUT2D eigenvalue weighted by Gasteiger charge is 2.47. The summed E-state index contributed by atoms with van der Waals surface area (Å²) in [5, 5.41) is 0. The molecule has 0 radical (unpaired) electrons. The van der Waals surface area contributed by atoms with E-state index in [0.717, 1.165) is 25.3 Å². The standard InChI is InChI=1S/C22H27N3O2/c1-14-7-5-6-8-18(14)21-19-13-25(12-16(19)11-23(21)3)22(27)20-10-17(26)9-15(2)24(20)4/h5-10,16,19,21H,11-13H2,1-4H3/t16-,19+,21+/m0/s1. The van der Waals surface area contributed by atoms with E-state index < -0.39 is 0 Å². The predicted octanol–water partition coefficient (Wildman–Crippen LogP) is 2.38. The van der Waals surface area contributed by atoms with Crippen molar-refractivity contribution in [2.75, 3.05) is 26.7 Å². The van der Waals surface area contributed by atoms with E-state index in [1.807, 2.05) is 23.4 Å². The predicted molar refractivity (Wildman–Crippen MR) is 106 cm³/mol. The van der Waals surface area contributed by atoms with Crippen molar-refractivity contribution in [3.8, 4) is 0 Å². The van der Waals surface area contributed by atoms with Crippen LogP contribution in [0.5, 0.6) is 0 Å². The Balaban J connectivity index is 1.61. The van der Waals surface area contributed by atoms with Gasteiger partial charge in [-0.05, 0) is 37.9 Å². The van der Waals surface area contributed by atoms with Gasteiger partial charge in [-0.1, -0.05) is 24.3 Å². The smallest absolute Gasteiger partial charge is 0.270 e. The van der Waals surface area contributed by atoms with Crippen molar-refractivity contribution in [3.05, 3.63) is 69.1 Å². The molecule has 142 valence electrons. The zero-order valence-electron chi connectivity index (χ0n) is 16.5. The van der Waals surface area contributed by atoms with Crippen LogP contribution in [-0.4, -0.2) is 47.0 Å². The van der Waals surface area contributed by atoms with Crippen LogP contribution in [0.2, 0.25) is 0 Å². The Morgan fingerprint density at radius 3 is 2.52 bits per heavy atom. The van der Waals surface area contributed by atoms with Crippen LogP contribution in [0.25, 0.3) is 0 Å². The lowest BCUT2D eigenvalue weighted by Crippen LogP contribution is -2.35. The SMILES string of the molecule is Cc1ccccc1[C@@H]1[C@@H]2CN(C(=O)c3cc(=O)cc(C)n3C)C[C@@H]2CN1C. The fraction of sp³-hybridized carbons (Fsp3) is 0.455. The maximum atomic E-state index is 13.1. The van der Waals surface area contributed by atoms with E-state index >= 15 is 0 Å². The van der Waals surface area contributed by atoms with Crippen LogP contribution in [-0.2, 0) is 7.05 Å². The summed E-state index contributed by atoms with van der Waals surface area (Å²) in [5.74, 6) is 0.881. The summed E-state index contributed by atoms with van der Waals surface area (Å²) in [6.07, 6.45) is 0. The highest BCUT2D eigenvalue weighted by molar-refractivity contribution is 5.93. The van der Waals surface area contributed by atoms with Gasteiger partial charge in [0.15, 0.2) is 5.43 Å². The second kappa shape index (κ2) is 6.64. The van der Waals surface area contributed by atoms with Crippen molar-refractivity contribution < 1.29 is 4.79 Å². The molecule has 3 atom stereocenters. The maximum absolute atomic E-state index is 13.1. The van der Waals surface area contributed by atoms with E-state index in [-0.39, 0.29) is 11.3 Å². The molecule has 0 aliphatic carbocycles. The Bertz CT molecular complexity index is 949. The van der Waals surface area contributed by atoms with Crippen LogP contribution in [0.3, 0.4) is 0 Å². The van der Waals surface area contributed by atoms with Crippen LogP contribution >= 0.6 is 0 Å². The number of nitrogens with zero attached hydrogens (tertiary/aromatic N) is 3. The quantitative estimate of drug-likeness (QED) is 0.821. The van der Waals surface area contributed by atoms with Gasteiger partial charge in [-0.25, -0.2) is 0 Å². The van der Waals surface area contributed by atoms with Crippen LogP contribution in [0.4, 0.5) is 0 Å². The van der Waals surface area contributed by atoms with Crippen molar-refractivity contribution in [2.45, 2.75) is 19.9 Å². The Hall–Kier alpha value is -2.40. The molecular weight excluding hydrogens is 338 g/mol. The van der Waals surface area contributed by atoms with Crippen molar-refractivity contribution in [1.29, 1.82) is 0 Å². The summed E-state index contributed by atoms with van der Waals surface area (Å²) in [6, 6.07) is 11.9. The van der Waals surface area contributed by atoms with Gasteiger partial charge in [-0.15, -0.1) is 0 Å². The number of carbonyl (C=O) groups excluding carboxylic acids is 1. The molecule has 0 N–H and O–H groups in total. The number of amides is 1. The van der Waals surface area contributed by atoms with Crippen LogP contribution in [0.15, 0.2) is 41.2 Å². The second-order valence-corrected chi connectivity index (χ2v) is 8.15. The minimum absolute atomic E-state index is 0.0288. The van der Waals surface area contributed by atoms with Crippen molar-refractivity contribution in [3.63, 3.8) is 0 Å². The highest BCUT2D eigenvalue weighted by Crippen LogP contribution is 2.45. The first kappa shape index (κ1) is 18.0. The number of fused-ring (bicyclic) bond motifs is 1. The number of hydrogen-bond acceptors (Lipinski definition) is 3. The number of aryl methyl sites for hydroxylation is 2. The van der Waals surface area contributed by atoms with Gasteiger partial charge in [-0.3, -0.25) is 14.5 Å². The summed E-state index contributed by atoms with van der Waals surface area (Å²) in [7, 11) is 4.04. The zero-order valence-corrected chi connectivity index (χ0v) is 16.5. The minimum atomic E-state index is -0.106. The number of benzene rings is 1. The van der Waals surface area contributed by atoms with Crippen LogP contribution in [0, 0.1) is 25.7 Å². The molecule has 2 aromatic rings. The summed E-state index contributed by atoms with van der Waals surface area (Å²) >= 11 is 0. The molecule has 0 saturated carbocycles. The Labute approximate surface area is 160 Å². The average Bonchev–Trinajstić information content (AvgIpc) is 3.15. The molecule has 3 heterocycles. The first-order valence-electron chi connectivity index (χ1n) is 9.59.